The van der Waals surface area contributed by atoms with E-state index in [1.807, 2.05) is 37.3 Å². The molecule has 0 unspecified atom stereocenters. The summed E-state index contributed by atoms with van der Waals surface area (Å²) in [4.78, 5) is 0.224. The van der Waals surface area contributed by atoms with Crippen molar-refractivity contribution in [3.63, 3.8) is 0 Å². The lowest BCUT2D eigenvalue weighted by atomic mass is 10.1. The first-order valence-corrected chi connectivity index (χ1v) is 9.27. The Morgan fingerprint density at radius 2 is 1.75 bits per heavy atom. The molecule has 2 rings (SSSR count). The van der Waals surface area contributed by atoms with Gasteiger partial charge in [0.1, 0.15) is 0 Å². The number of sulfonamides is 1. The number of rotatable bonds is 8. The Morgan fingerprint density at radius 1 is 1.12 bits per heavy atom. The van der Waals surface area contributed by atoms with E-state index in [0.29, 0.717) is 6.42 Å². The van der Waals surface area contributed by atoms with E-state index >= 15 is 0 Å². The van der Waals surface area contributed by atoms with Gasteiger partial charge in [-0.15, -0.1) is 6.58 Å². The topological polar surface area (TPSA) is 57.6 Å². The predicted octanol–water partition coefficient (Wildman–Crippen LogP) is 2.78. The molecule has 0 aliphatic rings. The molecule has 4 nitrogen and oxygen atoms in total. The number of benzene rings is 2. The van der Waals surface area contributed by atoms with Gasteiger partial charge in [-0.2, -0.15) is 4.31 Å². The molecule has 0 aromatic heterocycles. The zero-order chi connectivity index (χ0) is 17.6. The number of aliphatic hydroxyl groups excluding tert-OH is 1. The lowest BCUT2D eigenvalue weighted by molar-refractivity contribution is 0.193. The largest absolute Gasteiger partial charge is 0.395 e. The number of hydrogen-bond donors (Lipinski definition) is 1. The van der Waals surface area contributed by atoms with E-state index in [0.717, 1.165) is 11.1 Å². The maximum absolute atomic E-state index is 13.0. The molecule has 24 heavy (non-hydrogen) atoms. The summed E-state index contributed by atoms with van der Waals surface area (Å²) in [5, 5.41) is 9.80. The summed E-state index contributed by atoms with van der Waals surface area (Å²) in [5.41, 5.74) is 1.97. The number of hydrogen-bond acceptors (Lipinski definition) is 3. The second-order valence-corrected chi connectivity index (χ2v) is 7.59. The van der Waals surface area contributed by atoms with Crippen LogP contribution in [-0.4, -0.2) is 37.0 Å². The quantitative estimate of drug-likeness (QED) is 0.749. The second kappa shape index (κ2) is 8.24. The summed E-state index contributed by atoms with van der Waals surface area (Å²) >= 11 is 0. The summed E-state index contributed by atoms with van der Waals surface area (Å²) in [6, 6.07) is 15.7. The minimum atomic E-state index is -3.71. The van der Waals surface area contributed by atoms with Gasteiger partial charge in [0.15, 0.2) is 0 Å². The molecule has 0 amide bonds. The lowest BCUT2D eigenvalue weighted by Crippen LogP contribution is -2.43. The van der Waals surface area contributed by atoms with Crippen LogP contribution in [0.4, 0.5) is 0 Å². The zero-order valence-electron chi connectivity index (χ0n) is 13.8. The SMILES string of the molecule is C=CCN([C@H](CO)Cc1ccccc1)S(=O)(=O)c1ccc(C)cc1. The maximum Gasteiger partial charge on any atom is 0.243 e. The molecule has 0 spiro atoms. The van der Waals surface area contributed by atoms with Crippen LogP contribution in [0.15, 0.2) is 72.1 Å². The molecule has 0 fully saturated rings. The molecule has 0 radical (unpaired) electrons. The van der Waals surface area contributed by atoms with Gasteiger partial charge in [-0.25, -0.2) is 8.42 Å². The van der Waals surface area contributed by atoms with Crippen molar-refractivity contribution in [2.45, 2.75) is 24.3 Å². The van der Waals surface area contributed by atoms with E-state index in [2.05, 4.69) is 6.58 Å². The van der Waals surface area contributed by atoms with E-state index in [9.17, 15) is 13.5 Å². The summed E-state index contributed by atoms with van der Waals surface area (Å²) in [6.45, 7) is 5.46. The van der Waals surface area contributed by atoms with Crippen LogP contribution in [0.25, 0.3) is 0 Å². The van der Waals surface area contributed by atoms with E-state index in [4.69, 9.17) is 0 Å². The third-order valence-electron chi connectivity index (χ3n) is 3.87. The van der Waals surface area contributed by atoms with E-state index in [1.165, 1.54) is 4.31 Å². The molecular weight excluding hydrogens is 322 g/mol. The Kier molecular flexibility index (Phi) is 6.31. The van der Waals surface area contributed by atoms with Crippen molar-refractivity contribution < 1.29 is 13.5 Å². The van der Waals surface area contributed by atoms with Crippen LogP contribution in [0.1, 0.15) is 11.1 Å². The van der Waals surface area contributed by atoms with Gasteiger partial charge < -0.3 is 5.11 Å². The fraction of sp³-hybridized carbons (Fsp3) is 0.263. The van der Waals surface area contributed by atoms with Crippen molar-refractivity contribution >= 4 is 10.0 Å². The van der Waals surface area contributed by atoms with Gasteiger partial charge in [-0.1, -0.05) is 54.1 Å². The highest BCUT2D eigenvalue weighted by Gasteiger charge is 2.30. The van der Waals surface area contributed by atoms with Crippen molar-refractivity contribution in [2.24, 2.45) is 0 Å². The first kappa shape index (κ1) is 18.4. The molecule has 0 heterocycles. The fourth-order valence-electron chi connectivity index (χ4n) is 2.56. The number of aryl methyl sites for hydroxylation is 1. The molecule has 0 bridgehead atoms. The molecule has 0 saturated heterocycles. The van der Waals surface area contributed by atoms with Crippen molar-refractivity contribution in [1.82, 2.24) is 4.31 Å². The third-order valence-corrected chi connectivity index (χ3v) is 5.80. The lowest BCUT2D eigenvalue weighted by Gasteiger charge is -2.29. The van der Waals surface area contributed by atoms with Crippen LogP contribution in [0.3, 0.4) is 0 Å². The van der Waals surface area contributed by atoms with Gasteiger partial charge in [-0.05, 0) is 31.0 Å². The van der Waals surface area contributed by atoms with E-state index in [-0.39, 0.29) is 18.0 Å². The Hall–Kier alpha value is -1.95. The van der Waals surface area contributed by atoms with Crippen LogP contribution >= 0.6 is 0 Å². The van der Waals surface area contributed by atoms with Gasteiger partial charge in [0.25, 0.3) is 0 Å². The number of nitrogens with zero attached hydrogens (tertiary/aromatic N) is 1. The molecule has 2 aromatic rings. The molecule has 0 saturated carbocycles. The average molecular weight is 345 g/mol. The van der Waals surface area contributed by atoms with Crippen molar-refractivity contribution in [3.8, 4) is 0 Å². The standard InChI is InChI=1S/C19H23NO3S/c1-3-13-20(18(15-21)14-17-7-5-4-6-8-17)24(22,23)19-11-9-16(2)10-12-19/h3-12,18,21H,1,13-15H2,2H3/t18-/m0/s1. The molecule has 0 aliphatic heterocycles. The van der Waals surface area contributed by atoms with Gasteiger partial charge in [0.05, 0.1) is 17.5 Å². The number of aliphatic hydroxyl groups is 1. The molecule has 1 atom stereocenters. The minimum Gasteiger partial charge on any atom is -0.395 e. The highest BCUT2D eigenvalue weighted by atomic mass is 32.2. The molecule has 5 heteroatoms. The monoisotopic (exact) mass is 345 g/mol. The first-order valence-electron chi connectivity index (χ1n) is 7.83. The highest BCUT2D eigenvalue weighted by Crippen LogP contribution is 2.21. The Morgan fingerprint density at radius 3 is 2.29 bits per heavy atom. The van der Waals surface area contributed by atoms with Gasteiger partial charge >= 0.3 is 0 Å². The van der Waals surface area contributed by atoms with E-state index in [1.54, 1.807) is 30.3 Å². The van der Waals surface area contributed by atoms with Crippen LogP contribution in [0, 0.1) is 6.92 Å². The van der Waals surface area contributed by atoms with Gasteiger partial charge in [0, 0.05) is 6.54 Å². The average Bonchev–Trinajstić information content (AvgIpc) is 2.59. The molecule has 0 aliphatic carbocycles. The Balaban J connectivity index is 2.34. The van der Waals surface area contributed by atoms with Crippen LogP contribution in [0.2, 0.25) is 0 Å². The van der Waals surface area contributed by atoms with Gasteiger partial charge in [-0.3, -0.25) is 0 Å². The normalized spacial score (nSPS) is 13.0. The van der Waals surface area contributed by atoms with E-state index < -0.39 is 16.1 Å². The summed E-state index contributed by atoms with van der Waals surface area (Å²) in [5.74, 6) is 0. The maximum atomic E-state index is 13.0. The Bertz CT molecular complexity index is 755. The summed E-state index contributed by atoms with van der Waals surface area (Å²) < 4.78 is 27.3. The Labute approximate surface area is 144 Å². The first-order chi connectivity index (χ1) is 11.5. The molecule has 1 N–H and O–H groups in total. The van der Waals surface area contributed by atoms with Crippen molar-refractivity contribution in [1.29, 1.82) is 0 Å². The molecule has 128 valence electrons. The summed E-state index contributed by atoms with van der Waals surface area (Å²) in [7, 11) is -3.71. The van der Waals surface area contributed by atoms with Gasteiger partial charge in [0.2, 0.25) is 10.0 Å². The molecule has 2 aromatic carbocycles. The van der Waals surface area contributed by atoms with Crippen molar-refractivity contribution in [2.75, 3.05) is 13.2 Å². The van der Waals surface area contributed by atoms with Crippen LogP contribution < -0.4 is 0 Å². The second-order valence-electron chi connectivity index (χ2n) is 5.70. The highest BCUT2D eigenvalue weighted by molar-refractivity contribution is 7.89. The summed E-state index contributed by atoms with van der Waals surface area (Å²) in [6.07, 6.45) is 1.98. The minimum absolute atomic E-state index is 0.147. The molecular formula is C19H23NO3S. The zero-order valence-corrected chi connectivity index (χ0v) is 14.6. The third kappa shape index (κ3) is 4.32. The van der Waals surface area contributed by atoms with Crippen LogP contribution in [0.5, 0.6) is 0 Å². The fourth-order valence-corrected chi connectivity index (χ4v) is 4.15. The smallest absolute Gasteiger partial charge is 0.243 e. The van der Waals surface area contributed by atoms with Crippen molar-refractivity contribution in [3.05, 3.63) is 78.4 Å². The predicted molar refractivity (Wildman–Crippen MR) is 96.3 cm³/mol. The van der Waals surface area contributed by atoms with Crippen LogP contribution in [-0.2, 0) is 16.4 Å².